The van der Waals surface area contributed by atoms with Crippen LogP contribution in [0, 0.1) is 0 Å². The lowest BCUT2D eigenvalue weighted by Gasteiger charge is -2.37. The zero-order chi connectivity index (χ0) is 19.9. The Balaban J connectivity index is 1.79. The Labute approximate surface area is 167 Å². The van der Waals surface area contributed by atoms with Crippen molar-refractivity contribution < 1.29 is 14.4 Å². The van der Waals surface area contributed by atoms with Crippen LogP contribution in [0.3, 0.4) is 0 Å². The van der Waals surface area contributed by atoms with Gasteiger partial charge in [0.05, 0.1) is 11.3 Å². The van der Waals surface area contributed by atoms with E-state index in [0.29, 0.717) is 27.5 Å². The van der Waals surface area contributed by atoms with E-state index in [1.54, 1.807) is 42.5 Å². The van der Waals surface area contributed by atoms with Crippen LogP contribution in [-0.4, -0.2) is 37.7 Å². The Bertz CT molecular complexity index is 1340. The van der Waals surface area contributed by atoms with Gasteiger partial charge in [0.15, 0.2) is 0 Å². The van der Waals surface area contributed by atoms with Gasteiger partial charge in [-0.25, -0.2) is 0 Å². The van der Waals surface area contributed by atoms with Crippen molar-refractivity contribution in [3.05, 3.63) is 69.8 Å². The molecule has 1 atom stereocenters. The number of halogens is 1. The standard InChI is InChI=1S/C19H9ClN6O3/c20-8-5-6-11-12(7-8)21-17(29)19(11)13-14(22-18-23-24-25-26(18)19)9-3-1-2-4-10(9)15(27)16(13)28/h1-7H,(H,21,29)(H,22,23,25). The third-order valence-corrected chi connectivity index (χ3v) is 5.69. The van der Waals surface area contributed by atoms with Crippen LogP contribution in [0.1, 0.15) is 21.5 Å². The fourth-order valence-electron chi connectivity index (χ4n) is 4.30. The number of anilines is 2. The van der Waals surface area contributed by atoms with Crippen molar-refractivity contribution in [1.29, 1.82) is 0 Å². The summed E-state index contributed by atoms with van der Waals surface area (Å²) in [5.41, 5.74) is 0.238. The Kier molecular flexibility index (Phi) is 2.86. The largest absolute Gasteiger partial charge is 0.323 e. The molecule has 3 heterocycles. The van der Waals surface area contributed by atoms with Gasteiger partial charge in [0.2, 0.25) is 23.1 Å². The molecule has 3 aliphatic rings. The van der Waals surface area contributed by atoms with E-state index in [2.05, 4.69) is 26.2 Å². The second kappa shape index (κ2) is 5.15. The summed E-state index contributed by atoms with van der Waals surface area (Å²) >= 11 is 6.09. The summed E-state index contributed by atoms with van der Waals surface area (Å²) in [6, 6.07) is 11.5. The van der Waals surface area contributed by atoms with E-state index < -0.39 is 23.0 Å². The summed E-state index contributed by atoms with van der Waals surface area (Å²) in [5.74, 6) is -1.84. The van der Waals surface area contributed by atoms with E-state index in [9.17, 15) is 14.4 Å². The SMILES string of the molecule is O=C1C(=O)c2ccccc2C2=C1C1(C(=O)Nc3cc(Cl)ccc31)n1nnnc1N2. The number of carbonyl (C=O) groups is 3. The number of rotatable bonds is 0. The van der Waals surface area contributed by atoms with Crippen LogP contribution in [0.2, 0.25) is 5.02 Å². The van der Waals surface area contributed by atoms with Gasteiger partial charge in [-0.3, -0.25) is 14.4 Å². The first-order valence-electron chi connectivity index (χ1n) is 8.64. The highest BCUT2D eigenvalue weighted by atomic mass is 35.5. The van der Waals surface area contributed by atoms with Crippen LogP contribution in [-0.2, 0) is 15.1 Å². The number of fused-ring (bicyclic) bond motifs is 7. The van der Waals surface area contributed by atoms with Crippen molar-refractivity contribution in [3.8, 4) is 0 Å². The first kappa shape index (κ1) is 16.1. The van der Waals surface area contributed by atoms with E-state index in [4.69, 9.17) is 11.6 Å². The monoisotopic (exact) mass is 404 g/mol. The highest BCUT2D eigenvalue weighted by Gasteiger charge is 2.61. The quantitative estimate of drug-likeness (QED) is 0.546. The molecule has 0 bridgehead atoms. The number of amides is 1. The van der Waals surface area contributed by atoms with Gasteiger partial charge in [0.1, 0.15) is 0 Å². The molecule has 9 nitrogen and oxygen atoms in total. The molecular weight excluding hydrogens is 396 g/mol. The zero-order valence-electron chi connectivity index (χ0n) is 14.4. The Morgan fingerprint density at radius 2 is 1.76 bits per heavy atom. The van der Waals surface area contributed by atoms with E-state index in [-0.39, 0.29) is 17.1 Å². The first-order chi connectivity index (χ1) is 14.0. The molecule has 1 unspecified atom stereocenters. The smallest absolute Gasteiger partial charge is 0.262 e. The second-order valence-corrected chi connectivity index (χ2v) is 7.28. The molecule has 1 aliphatic carbocycles. The number of Topliss-reactive ketones (excluding diaryl/α,β-unsaturated/α-hetero) is 2. The third-order valence-electron chi connectivity index (χ3n) is 5.46. The Hall–Kier alpha value is -3.85. The maximum Gasteiger partial charge on any atom is 0.262 e. The molecule has 0 fully saturated rings. The lowest BCUT2D eigenvalue weighted by atomic mass is 9.73. The molecule has 2 aromatic carbocycles. The van der Waals surface area contributed by atoms with Crippen molar-refractivity contribution in [2.45, 2.75) is 5.54 Å². The highest BCUT2D eigenvalue weighted by molar-refractivity contribution is 6.54. The summed E-state index contributed by atoms with van der Waals surface area (Å²) in [4.78, 5) is 39.6. The number of hydrogen-bond donors (Lipinski definition) is 2. The van der Waals surface area contributed by atoms with E-state index in [1.807, 2.05) is 0 Å². The molecule has 10 heteroatoms. The van der Waals surface area contributed by atoms with Gasteiger partial charge in [0, 0.05) is 27.4 Å². The number of nitrogens with one attached hydrogen (secondary N) is 2. The van der Waals surface area contributed by atoms with Crippen LogP contribution in [0.15, 0.2) is 48.0 Å². The summed E-state index contributed by atoms with van der Waals surface area (Å²) in [7, 11) is 0. The molecular formula is C19H9ClN6O3. The molecule has 3 aromatic rings. The van der Waals surface area contributed by atoms with Crippen molar-refractivity contribution >= 4 is 46.4 Å². The van der Waals surface area contributed by atoms with Crippen LogP contribution in [0.5, 0.6) is 0 Å². The van der Waals surface area contributed by atoms with Crippen LogP contribution in [0.4, 0.5) is 11.6 Å². The van der Waals surface area contributed by atoms with Crippen molar-refractivity contribution in [1.82, 2.24) is 20.2 Å². The van der Waals surface area contributed by atoms with Crippen molar-refractivity contribution in [2.24, 2.45) is 0 Å². The summed E-state index contributed by atoms with van der Waals surface area (Å²) in [6.07, 6.45) is 0. The fourth-order valence-corrected chi connectivity index (χ4v) is 4.47. The minimum absolute atomic E-state index is 0.0143. The van der Waals surface area contributed by atoms with Gasteiger partial charge in [0.25, 0.3) is 5.91 Å². The maximum atomic E-state index is 13.4. The molecule has 29 heavy (non-hydrogen) atoms. The Morgan fingerprint density at radius 1 is 0.966 bits per heavy atom. The van der Waals surface area contributed by atoms with Gasteiger partial charge in [-0.05, 0) is 22.6 Å². The molecule has 2 N–H and O–H groups in total. The average molecular weight is 405 g/mol. The van der Waals surface area contributed by atoms with E-state index >= 15 is 0 Å². The summed E-state index contributed by atoms with van der Waals surface area (Å²) in [5, 5.41) is 17.8. The number of hydrogen-bond acceptors (Lipinski definition) is 7. The number of benzene rings is 2. The second-order valence-electron chi connectivity index (χ2n) is 6.85. The van der Waals surface area contributed by atoms with Gasteiger partial charge < -0.3 is 10.6 Å². The minimum atomic E-state index is -1.72. The number of carbonyl (C=O) groups excluding carboxylic acids is 3. The molecule has 0 saturated carbocycles. The maximum absolute atomic E-state index is 13.4. The Morgan fingerprint density at radius 3 is 2.59 bits per heavy atom. The summed E-state index contributed by atoms with van der Waals surface area (Å²) in [6.45, 7) is 0. The zero-order valence-corrected chi connectivity index (χ0v) is 15.2. The highest BCUT2D eigenvalue weighted by Crippen LogP contribution is 2.51. The van der Waals surface area contributed by atoms with Crippen molar-refractivity contribution in [3.63, 3.8) is 0 Å². The molecule has 6 rings (SSSR count). The number of tetrazole rings is 1. The number of aromatic nitrogens is 4. The third kappa shape index (κ3) is 1.76. The molecule has 1 spiro atoms. The van der Waals surface area contributed by atoms with Crippen LogP contribution >= 0.6 is 11.6 Å². The van der Waals surface area contributed by atoms with E-state index in [0.717, 1.165) is 0 Å². The molecule has 140 valence electrons. The first-order valence-corrected chi connectivity index (χ1v) is 9.02. The van der Waals surface area contributed by atoms with Gasteiger partial charge in [-0.2, -0.15) is 4.68 Å². The average Bonchev–Trinajstić information content (AvgIpc) is 3.29. The molecule has 0 radical (unpaired) electrons. The summed E-state index contributed by atoms with van der Waals surface area (Å²) < 4.78 is 1.24. The molecule has 1 aromatic heterocycles. The molecule has 1 amide bonds. The molecule has 0 saturated heterocycles. The van der Waals surface area contributed by atoms with Crippen LogP contribution < -0.4 is 10.6 Å². The minimum Gasteiger partial charge on any atom is -0.323 e. The fraction of sp³-hybridized carbons (Fsp3) is 0.0526. The molecule has 2 aliphatic heterocycles. The topological polar surface area (TPSA) is 119 Å². The van der Waals surface area contributed by atoms with Crippen molar-refractivity contribution in [2.75, 3.05) is 10.6 Å². The van der Waals surface area contributed by atoms with Gasteiger partial charge in [-0.1, -0.05) is 47.0 Å². The van der Waals surface area contributed by atoms with Gasteiger partial charge in [-0.15, -0.1) is 0 Å². The normalized spacial score (nSPS) is 21.3. The number of ketones is 2. The van der Waals surface area contributed by atoms with Crippen LogP contribution in [0.25, 0.3) is 5.70 Å². The lowest BCUT2D eigenvalue weighted by Crippen LogP contribution is -2.52. The predicted octanol–water partition coefficient (Wildman–Crippen LogP) is 1.62. The number of nitrogens with zero attached hydrogens (tertiary/aromatic N) is 4. The van der Waals surface area contributed by atoms with E-state index in [1.165, 1.54) is 4.68 Å². The van der Waals surface area contributed by atoms with Gasteiger partial charge >= 0.3 is 0 Å². The predicted molar refractivity (Wildman–Crippen MR) is 101 cm³/mol. The lowest BCUT2D eigenvalue weighted by molar-refractivity contribution is -0.123.